The first-order valence-corrected chi connectivity index (χ1v) is 4.79. The van der Waals surface area contributed by atoms with Crippen molar-refractivity contribution in [3.05, 3.63) is 47.9 Å². The van der Waals surface area contributed by atoms with Gasteiger partial charge in [0.25, 0.3) is 0 Å². The highest BCUT2D eigenvalue weighted by atomic mass is 16.3. The summed E-state index contributed by atoms with van der Waals surface area (Å²) in [6.45, 7) is 0. The molecule has 0 aliphatic carbocycles. The Bertz CT molecular complexity index is 412. The molecule has 0 spiro atoms. The van der Waals surface area contributed by atoms with Gasteiger partial charge in [0.2, 0.25) is 0 Å². The summed E-state index contributed by atoms with van der Waals surface area (Å²) in [6, 6.07) is 8.44. The van der Waals surface area contributed by atoms with Crippen molar-refractivity contribution in [2.45, 2.75) is 12.8 Å². The Morgan fingerprint density at radius 3 is 2.27 bits per heavy atom. The second-order valence-electron chi connectivity index (χ2n) is 3.35. The molecule has 0 saturated carbocycles. The third-order valence-corrected chi connectivity index (χ3v) is 2.33. The second-order valence-corrected chi connectivity index (χ2v) is 3.35. The van der Waals surface area contributed by atoms with E-state index in [4.69, 9.17) is 4.42 Å². The van der Waals surface area contributed by atoms with Crippen LogP contribution < -0.4 is 0 Å². The van der Waals surface area contributed by atoms with Gasteiger partial charge in [-0.2, -0.15) is 0 Å². The molecule has 1 aromatic carbocycles. The van der Waals surface area contributed by atoms with Crippen LogP contribution in [-0.4, -0.2) is 10.2 Å². The number of phenols is 2. The van der Waals surface area contributed by atoms with Gasteiger partial charge < -0.3 is 14.6 Å². The lowest BCUT2D eigenvalue weighted by molar-refractivity contribution is 0.435. The molecule has 15 heavy (non-hydrogen) atoms. The van der Waals surface area contributed by atoms with Crippen LogP contribution in [0.25, 0.3) is 0 Å². The summed E-state index contributed by atoms with van der Waals surface area (Å²) in [5.41, 5.74) is 0.564. The number of furan rings is 1. The average Bonchev–Trinajstić information content (AvgIpc) is 2.70. The van der Waals surface area contributed by atoms with E-state index in [9.17, 15) is 10.2 Å². The summed E-state index contributed by atoms with van der Waals surface area (Å²) in [5, 5.41) is 19.1. The average molecular weight is 204 g/mol. The molecule has 78 valence electrons. The van der Waals surface area contributed by atoms with Gasteiger partial charge in [-0.25, -0.2) is 0 Å². The normalized spacial score (nSPS) is 10.4. The Morgan fingerprint density at radius 1 is 0.933 bits per heavy atom. The standard InChI is InChI=1S/C12H12O3/c13-11-4-1-5-12(14)10(11)7-6-9-3-2-8-15-9/h1-5,8,13-14H,6-7H2. The van der Waals surface area contributed by atoms with Crippen molar-refractivity contribution < 1.29 is 14.6 Å². The van der Waals surface area contributed by atoms with Crippen LogP contribution in [0.2, 0.25) is 0 Å². The lowest BCUT2D eigenvalue weighted by Gasteiger charge is -2.05. The Labute approximate surface area is 87.6 Å². The van der Waals surface area contributed by atoms with Gasteiger partial charge in [-0.3, -0.25) is 0 Å². The Hall–Kier alpha value is -1.90. The van der Waals surface area contributed by atoms with Gasteiger partial charge in [-0.15, -0.1) is 0 Å². The quantitative estimate of drug-likeness (QED) is 0.807. The SMILES string of the molecule is Oc1cccc(O)c1CCc1ccco1. The minimum Gasteiger partial charge on any atom is -0.508 e. The monoisotopic (exact) mass is 204 g/mol. The molecule has 1 heterocycles. The van der Waals surface area contributed by atoms with Crippen molar-refractivity contribution in [2.75, 3.05) is 0 Å². The highest BCUT2D eigenvalue weighted by Gasteiger charge is 2.07. The van der Waals surface area contributed by atoms with E-state index in [0.717, 1.165) is 5.76 Å². The fourth-order valence-electron chi connectivity index (χ4n) is 1.52. The van der Waals surface area contributed by atoms with Crippen molar-refractivity contribution in [1.82, 2.24) is 0 Å². The molecule has 3 heteroatoms. The van der Waals surface area contributed by atoms with Gasteiger partial charge in [0.1, 0.15) is 17.3 Å². The van der Waals surface area contributed by atoms with E-state index < -0.39 is 0 Å². The number of hydrogen-bond donors (Lipinski definition) is 2. The molecule has 0 aliphatic heterocycles. The topological polar surface area (TPSA) is 53.6 Å². The summed E-state index contributed by atoms with van der Waals surface area (Å²) >= 11 is 0. The van der Waals surface area contributed by atoms with Gasteiger partial charge in [0, 0.05) is 12.0 Å². The van der Waals surface area contributed by atoms with Gasteiger partial charge in [0.15, 0.2) is 0 Å². The number of benzene rings is 1. The molecule has 2 N–H and O–H groups in total. The first-order valence-electron chi connectivity index (χ1n) is 4.79. The van der Waals surface area contributed by atoms with Gasteiger partial charge >= 0.3 is 0 Å². The second kappa shape index (κ2) is 4.09. The minimum absolute atomic E-state index is 0.126. The zero-order valence-electron chi connectivity index (χ0n) is 8.18. The van der Waals surface area contributed by atoms with E-state index in [-0.39, 0.29) is 11.5 Å². The molecule has 0 radical (unpaired) electrons. The van der Waals surface area contributed by atoms with Gasteiger partial charge in [0.05, 0.1) is 6.26 Å². The Morgan fingerprint density at radius 2 is 1.67 bits per heavy atom. The lowest BCUT2D eigenvalue weighted by atomic mass is 10.1. The van der Waals surface area contributed by atoms with Crippen molar-refractivity contribution >= 4 is 0 Å². The number of phenolic OH excluding ortho intramolecular Hbond substituents is 2. The maximum absolute atomic E-state index is 9.53. The first-order chi connectivity index (χ1) is 7.27. The fourth-order valence-corrected chi connectivity index (χ4v) is 1.52. The fraction of sp³-hybridized carbons (Fsp3) is 0.167. The smallest absolute Gasteiger partial charge is 0.122 e. The van der Waals surface area contributed by atoms with Crippen molar-refractivity contribution in [1.29, 1.82) is 0 Å². The molecular weight excluding hydrogens is 192 g/mol. The van der Waals surface area contributed by atoms with E-state index in [0.29, 0.717) is 18.4 Å². The van der Waals surface area contributed by atoms with Crippen LogP contribution in [0.4, 0.5) is 0 Å². The Kier molecular flexibility index (Phi) is 2.63. The van der Waals surface area contributed by atoms with Crippen LogP contribution >= 0.6 is 0 Å². The molecule has 0 unspecified atom stereocenters. The van der Waals surface area contributed by atoms with E-state index in [1.807, 2.05) is 12.1 Å². The summed E-state index contributed by atoms with van der Waals surface area (Å²) < 4.78 is 5.17. The summed E-state index contributed by atoms with van der Waals surface area (Å²) in [7, 11) is 0. The number of hydrogen-bond acceptors (Lipinski definition) is 3. The van der Waals surface area contributed by atoms with Crippen LogP contribution in [0.5, 0.6) is 11.5 Å². The van der Waals surface area contributed by atoms with Crippen LogP contribution in [0, 0.1) is 0 Å². The van der Waals surface area contributed by atoms with Crippen molar-refractivity contribution in [3.63, 3.8) is 0 Å². The summed E-state index contributed by atoms with van der Waals surface area (Å²) in [5.74, 6) is 1.10. The molecule has 2 aromatic rings. The molecule has 0 bridgehead atoms. The molecule has 1 aromatic heterocycles. The third-order valence-electron chi connectivity index (χ3n) is 2.33. The van der Waals surface area contributed by atoms with Gasteiger partial charge in [-0.1, -0.05) is 6.07 Å². The maximum atomic E-state index is 9.53. The first kappa shape index (κ1) is 9.65. The zero-order valence-corrected chi connectivity index (χ0v) is 8.18. The highest BCUT2D eigenvalue weighted by molar-refractivity contribution is 5.43. The van der Waals surface area contributed by atoms with E-state index in [1.165, 1.54) is 0 Å². The van der Waals surface area contributed by atoms with E-state index in [1.54, 1.807) is 24.5 Å². The molecule has 0 fully saturated rings. The maximum Gasteiger partial charge on any atom is 0.122 e. The summed E-state index contributed by atoms with van der Waals surface area (Å²) in [6.07, 6.45) is 2.84. The molecule has 3 nitrogen and oxygen atoms in total. The van der Waals surface area contributed by atoms with E-state index >= 15 is 0 Å². The highest BCUT2D eigenvalue weighted by Crippen LogP contribution is 2.27. The number of aromatic hydroxyl groups is 2. The van der Waals surface area contributed by atoms with Crippen molar-refractivity contribution in [3.8, 4) is 11.5 Å². The predicted octanol–water partition coefficient (Wildman–Crippen LogP) is 2.48. The van der Waals surface area contributed by atoms with Crippen LogP contribution in [0.15, 0.2) is 41.0 Å². The lowest BCUT2D eigenvalue weighted by Crippen LogP contribution is -1.91. The molecular formula is C12H12O3. The van der Waals surface area contributed by atoms with Crippen LogP contribution in [0.3, 0.4) is 0 Å². The Balaban J connectivity index is 2.11. The molecule has 0 aliphatic rings. The number of aryl methyl sites for hydroxylation is 1. The molecule has 2 rings (SSSR count). The molecule has 0 atom stereocenters. The molecule has 0 amide bonds. The van der Waals surface area contributed by atoms with Crippen molar-refractivity contribution in [2.24, 2.45) is 0 Å². The van der Waals surface area contributed by atoms with Gasteiger partial charge in [-0.05, 0) is 30.7 Å². The number of rotatable bonds is 3. The van der Waals surface area contributed by atoms with Crippen LogP contribution in [-0.2, 0) is 12.8 Å². The zero-order chi connectivity index (χ0) is 10.7. The van der Waals surface area contributed by atoms with E-state index in [2.05, 4.69) is 0 Å². The minimum atomic E-state index is 0.126. The third kappa shape index (κ3) is 2.13. The van der Waals surface area contributed by atoms with Crippen LogP contribution in [0.1, 0.15) is 11.3 Å². The molecule has 0 saturated heterocycles. The largest absolute Gasteiger partial charge is 0.508 e. The summed E-state index contributed by atoms with van der Waals surface area (Å²) in [4.78, 5) is 0. The predicted molar refractivity (Wildman–Crippen MR) is 55.9 cm³/mol.